The molecule has 1 unspecified atom stereocenters. The summed E-state index contributed by atoms with van der Waals surface area (Å²) in [6.45, 7) is 1.95. The van der Waals surface area contributed by atoms with E-state index >= 15 is 0 Å². The van der Waals surface area contributed by atoms with Crippen LogP contribution in [0.3, 0.4) is 0 Å². The molecule has 2 aromatic carbocycles. The molecule has 1 atom stereocenters. The Labute approximate surface area is 108 Å². The quantitative estimate of drug-likeness (QED) is 0.888. The molecule has 0 spiro atoms. The van der Waals surface area contributed by atoms with Crippen LogP contribution in [-0.2, 0) is 0 Å². The average Bonchev–Trinajstić information content (AvgIpc) is 2.32. The number of hydrogen-bond acceptors (Lipinski definition) is 1. The summed E-state index contributed by atoms with van der Waals surface area (Å²) in [4.78, 5) is 0. The Balaban J connectivity index is 2.44. The summed E-state index contributed by atoms with van der Waals surface area (Å²) in [5.74, 6) is -0.342. The van der Waals surface area contributed by atoms with Gasteiger partial charge in [0.05, 0.1) is 0 Å². The van der Waals surface area contributed by atoms with E-state index < -0.39 is 6.10 Å². The molecule has 0 saturated carbocycles. The molecule has 0 radical (unpaired) electrons. The van der Waals surface area contributed by atoms with Gasteiger partial charge in [-0.25, -0.2) is 4.39 Å². The van der Waals surface area contributed by atoms with Crippen LogP contribution in [0.1, 0.15) is 22.8 Å². The van der Waals surface area contributed by atoms with Gasteiger partial charge in [-0.3, -0.25) is 0 Å². The lowest BCUT2D eigenvalue weighted by molar-refractivity contribution is 0.219. The normalized spacial score (nSPS) is 12.5. The maximum atomic E-state index is 13.1. The number of aliphatic hydroxyl groups is 1. The summed E-state index contributed by atoms with van der Waals surface area (Å²) in [5, 5.41) is 10.2. The van der Waals surface area contributed by atoms with Crippen LogP contribution in [0.5, 0.6) is 0 Å². The number of aliphatic hydroxyl groups excluding tert-OH is 1. The molecule has 0 saturated heterocycles. The highest BCUT2D eigenvalue weighted by atomic mass is 79.9. The zero-order valence-electron chi connectivity index (χ0n) is 9.32. The molecule has 0 bridgehead atoms. The van der Waals surface area contributed by atoms with Crippen LogP contribution < -0.4 is 0 Å². The fraction of sp³-hybridized carbons (Fsp3) is 0.143. The van der Waals surface area contributed by atoms with Crippen molar-refractivity contribution in [3.05, 3.63) is 69.4 Å². The van der Waals surface area contributed by atoms with Crippen molar-refractivity contribution in [2.45, 2.75) is 13.0 Å². The third kappa shape index (κ3) is 2.56. The summed E-state index contributed by atoms with van der Waals surface area (Å²) in [7, 11) is 0. The average molecular weight is 295 g/mol. The van der Waals surface area contributed by atoms with Gasteiger partial charge in [-0.2, -0.15) is 0 Å². The largest absolute Gasteiger partial charge is 0.384 e. The van der Waals surface area contributed by atoms with Gasteiger partial charge in [0, 0.05) is 4.47 Å². The summed E-state index contributed by atoms with van der Waals surface area (Å²) in [6, 6.07) is 11.7. The number of halogens is 2. The van der Waals surface area contributed by atoms with Gasteiger partial charge in [-0.05, 0) is 35.7 Å². The number of aryl methyl sites for hydroxylation is 1. The van der Waals surface area contributed by atoms with E-state index in [0.29, 0.717) is 5.56 Å². The van der Waals surface area contributed by atoms with Gasteiger partial charge in [0.25, 0.3) is 0 Å². The van der Waals surface area contributed by atoms with Crippen LogP contribution in [0.15, 0.2) is 46.9 Å². The second-order valence-electron chi connectivity index (χ2n) is 3.94. The zero-order valence-corrected chi connectivity index (χ0v) is 10.9. The Bertz CT molecular complexity index is 539. The predicted molar refractivity (Wildman–Crippen MR) is 69.3 cm³/mol. The van der Waals surface area contributed by atoms with Crippen LogP contribution in [0.4, 0.5) is 4.39 Å². The predicted octanol–water partition coefficient (Wildman–Crippen LogP) is 3.98. The van der Waals surface area contributed by atoms with Crippen molar-refractivity contribution >= 4 is 15.9 Å². The molecule has 0 aliphatic heterocycles. The first-order valence-corrected chi connectivity index (χ1v) is 6.07. The Morgan fingerprint density at radius 1 is 1.18 bits per heavy atom. The van der Waals surface area contributed by atoms with Crippen molar-refractivity contribution in [2.24, 2.45) is 0 Å². The molecule has 0 fully saturated rings. The van der Waals surface area contributed by atoms with E-state index in [0.717, 1.165) is 15.6 Å². The van der Waals surface area contributed by atoms with E-state index in [2.05, 4.69) is 15.9 Å². The molecule has 1 N–H and O–H groups in total. The fourth-order valence-corrected chi connectivity index (χ4v) is 2.22. The lowest BCUT2D eigenvalue weighted by Gasteiger charge is -2.14. The van der Waals surface area contributed by atoms with Gasteiger partial charge >= 0.3 is 0 Å². The maximum Gasteiger partial charge on any atom is 0.123 e. The second-order valence-corrected chi connectivity index (χ2v) is 4.73. The Morgan fingerprint density at radius 3 is 2.59 bits per heavy atom. The molecular formula is C14H12BrFO. The topological polar surface area (TPSA) is 20.2 Å². The highest BCUT2D eigenvalue weighted by molar-refractivity contribution is 9.10. The van der Waals surface area contributed by atoms with Crippen LogP contribution >= 0.6 is 15.9 Å². The van der Waals surface area contributed by atoms with Gasteiger partial charge in [0.2, 0.25) is 0 Å². The highest BCUT2D eigenvalue weighted by Gasteiger charge is 2.14. The number of rotatable bonds is 2. The summed E-state index contributed by atoms with van der Waals surface area (Å²) in [6.07, 6.45) is -0.819. The van der Waals surface area contributed by atoms with Gasteiger partial charge in [0.15, 0.2) is 0 Å². The van der Waals surface area contributed by atoms with E-state index in [-0.39, 0.29) is 5.82 Å². The van der Waals surface area contributed by atoms with Crippen LogP contribution in [0.25, 0.3) is 0 Å². The first-order chi connectivity index (χ1) is 8.09. The highest BCUT2D eigenvalue weighted by Crippen LogP contribution is 2.30. The Kier molecular flexibility index (Phi) is 3.60. The van der Waals surface area contributed by atoms with E-state index in [4.69, 9.17) is 0 Å². The van der Waals surface area contributed by atoms with Crippen LogP contribution in [0, 0.1) is 12.7 Å². The minimum Gasteiger partial charge on any atom is -0.384 e. The molecule has 3 heteroatoms. The molecule has 2 rings (SSSR count). The molecule has 0 aromatic heterocycles. The monoisotopic (exact) mass is 294 g/mol. The van der Waals surface area contributed by atoms with E-state index in [1.54, 1.807) is 12.1 Å². The van der Waals surface area contributed by atoms with Gasteiger partial charge in [-0.1, -0.05) is 46.3 Å². The van der Waals surface area contributed by atoms with E-state index in [9.17, 15) is 9.50 Å². The van der Waals surface area contributed by atoms with Gasteiger partial charge in [-0.15, -0.1) is 0 Å². The zero-order chi connectivity index (χ0) is 12.4. The molecule has 0 aliphatic rings. The molecule has 88 valence electrons. The smallest absolute Gasteiger partial charge is 0.123 e. The first kappa shape index (κ1) is 12.3. The Hall–Kier alpha value is -1.19. The van der Waals surface area contributed by atoms with Crippen molar-refractivity contribution < 1.29 is 9.50 Å². The van der Waals surface area contributed by atoms with Crippen LogP contribution in [0.2, 0.25) is 0 Å². The molecule has 1 nitrogen and oxygen atoms in total. The van der Waals surface area contributed by atoms with Crippen molar-refractivity contribution in [3.63, 3.8) is 0 Å². The fourth-order valence-electron chi connectivity index (χ4n) is 1.74. The third-order valence-electron chi connectivity index (χ3n) is 2.68. The number of hydrogen-bond donors (Lipinski definition) is 1. The first-order valence-electron chi connectivity index (χ1n) is 5.28. The third-order valence-corrected chi connectivity index (χ3v) is 3.76. The molecular weight excluding hydrogens is 283 g/mol. The summed E-state index contributed by atoms with van der Waals surface area (Å²) < 4.78 is 14.0. The van der Waals surface area contributed by atoms with Crippen molar-refractivity contribution in [1.29, 1.82) is 0 Å². The minimum absolute atomic E-state index is 0.342. The maximum absolute atomic E-state index is 13.1. The lowest BCUT2D eigenvalue weighted by Crippen LogP contribution is -2.01. The molecule has 17 heavy (non-hydrogen) atoms. The summed E-state index contributed by atoms with van der Waals surface area (Å²) >= 11 is 3.44. The van der Waals surface area contributed by atoms with Crippen molar-refractivity contribution in [3.8, 4) is 0 Å². The van der Waals surface area contributed by atoms with E-state index in [1.807, 2.05) is 25.1 Å². The minimum atomic E-state index is -0.819. The number of benzene rings is 2. The second kappa shape index (κ2) is 4.98. The SMILES string of the molecule is Cc1cccc(C(O)c2cccc(F)c2)c1Br. The molecule has 0 heterocycles. The standard InChI is InChI=1S/C14H12BrFO/c1-9-4-2-7-12(13(9)15)14(17)10-5-3-6-11(16)8-10/h2-8,14,17H,1H3. The van der Waals surface area contributed by atoms with Crippen molar-refractivity contribution in [1.82, 2.24) is 0 Å². The molecule has 0 amide bonds. The molecule has 0 aliphatic carbocycles. The van der Waals surface area contributed by atoms with Gasteiger partial charge < -0.3 is 5.11 Å². The lowest BCUT2D eigenvalue weighted by atomic mass is 10.00. The summed E-state index contributed by atoms with van der Waals surface area (Å²) in [5.41, 5.74) is 2.34. The Morgan fingerprint density at radius 2 is 1.88 bits per heavy atom. The van der Waals surface area contributed by atoms with Crippen molar-refractivity contribution in [2.75, 3.05) is 0 Å². The van der Waals surface area contributed by atoms with Gasteiger partial charge in [0.1, 0.15) is 11.9 Å². The van der Waals surface area contributed by atoms with Crippen LogP contribution in [-0.4, -0.2) is 5.11 Å². The van der Waals surface area contributed by atoms with E-state index in [1.165, 1.54) is 12.1 Å². The molecule has 2 aromatic rings.